The van der Waals surface area contributed by atoms with Crippen LogP contribution in [0, 0.1) is 0 Å². The van der Waals surface area contributed by atoms with E-state index in [0.29, 0.717) is 23.5 Å². The summed E-state index contributed by atoms with van der Waals surface area (Å²) < 4.78 is 20.7. The molecule has 2 aromatic rings. The van der Waals surface area contributed by atoms with Crippen LogP contribution in [0.3, 0.4) is 0 Å². The van der Waals surface area contributed by atoms with Crippen molar-refractivity contribution in [2.45, 2.75) is 31.3 Å². The average molecular weight is 267 g/mol. The van der Waals surface area contributed by atoms with Crippen molar-refractivity contribution in [1.82, 2.24) is 19.5 Å². The standard InChI is InChI=1S/C11H14FN5O2/c12-7-1-6(19-8(7)3-18)2-17-5-16-9-10(13)14-4-15-11(9)17/h4-8,18H,1-3H2,(H2,13,14,15)/t6-,7-,8-/m1/s1. The minimum absolute atomic E-state index is 0.255. The van der Waals surface area contributed by atoms with E-state index in [1.165, 1.54) is 6.33 Å². The second-order valence-corrected chi connectivity index (χ2v) is 4.56. The Balaban J connectivity index is 1.81. The Morgan fingerprint density at radius 3 is 3.05 bits per heavy atom. The van der Waals surface area contributed by atoms with Gasteiger partial charge in [0, 0.05) is 6.42 Å². The van der Waals surface area contributed by atoms with Crippen LogP contribution in [0.15, 0.2) is 12.7 Å². The van der Waals surface area contributed by atoms with E-state index in [0.717, 1.165) is 0 Å². The molecule has 3 rings (SSSR count). The molecule has 102 valence electrons. The lowest BCUT2D eigenvalue weighted by atomic mass is 10.1. The number of rotatable bonds is 3. The number of anilines is 1. The number of aromatic nitrogens is 4. The summed E-state index contributed by atoms with van der Waals surface area (Å²) in [6.45, 7) is 0.112. The van der Waals surface area contributed by atoms with Gasteiger partial charge in [-0.05, 0) is 0 Å². The largest absolute Gasteiger partial charge is 0.394 e. The summed E-state index contributed by atoms with van der Waals surface area (Å²) in [6, 6.07) is 0. The molecule has 19 heavy (non-hydrogen) atoms. The van der Waals surface area contributed by atoms with Crippen molar-refractivity contribution < 1.29 is 14.2 Å². The topological polar surface area (TPSA) is 99.1 Å². The molecule has 7 nitrogen and oxygen atoms in total. The number of hydrogen-bond acceptors (Lipinski definition) is 6. The second kappa shape index (κ2) is 4.71. The lowest BCUT2D eigenvalue weighted by molar-refractivity contribution is -0.0104. The van der Waals surface area contributed by atoms with Crippen molar-refractivity contribution in [3.05, 3.63) is 12.7 Å². The molecule has 2 aromatic heterocycles. The first kappa shape index (κ1) is 12.2. The normalized spacial score (nSPS) is 27.2. The highest BCUT2D eigenvalue weighted by molar-refractivity contribution is 5.81. The molecule has 0 amide bonds. The lowest BCUT2D eigenvalue weighted by Crippen LogP contribution is -2.22. The summed E-state index contributed by atoms with van der Waals surface area (Å²) >= 11 is 0. The summed E-state index contributed by atoms with van der Waals surface area (Å²) in [7, 11) is 0. The predicted molar refractivity (Wildman–Crippen MR) is 65.0 cm³/mol. The average Bonchev–Trinajstić information content (AvgIpc) is 2.95. The molecule has 0 aliphatic carbocycles. The molecule has 0 unspecified atom stereocenters. The minimum atomic E-state index is -1.13. The number of halogens is 1. The minimum Gasteiger partial charge on any atom is -0.394 e. The van der Waals surface area contributed by atoms with Gasteiger partial charge in [0.25, 0.3) is 0 Å². The number of aliphatic hydroxyl groups excluding tert-OH is 1. The van der Waals surface area contributed by atoms with Gasteiger partial charge in [-0.2, -0.15) is 0 Å². The molecule has 1 saturated heterocycles. The van der Waals surface area contributed by atoms with Gasteiger partial charge in [0.1, 0.15) is 24.1 Å². The first-order valence-corrected chi connectivity index (χ1v) is 6.00. The summed E-state index contributed by atoms with van der Waals surface area (Å²) in [4.78, 5) is 12.1. The molecule has 0 saturated carbocycles. The van der Waals surface area contributed by atoms with Crippen molar-refractivity contribution >= 4 is 17.0 Å². The van der Waals surface area contributed by atoms with Crippen molar-refractivity contribution in [2.24, 2.45) is 0 Å². The van der Waals surface area contributed by atoms with Crippen LogP contribution >= 0.6 is 0 Å². The van der Waals surface area contributed by atoms with Gasteiger partial charge in [-0.15, -0.1) is 0 Å². The molecule has 3 heterocycles. The Labute approximate surface area is 108 Å². The van der Waals surface area contributed by atoms with Crippen molar-refractivity contribution in [1.29, 1.82) is 0 Å². The molecule has 1 fully saturated rings. The van der Waals surface area contributed by atoms with Crippen LogP contribution in [0.5, 0.6) is 0 Å². The molecule has 3 atom stereocenters. The molecular weight excluding hydrogens is 253 g/mol. The van der Waals surface area contributed by atoms with E-state index in [1.807, 2.05) is 0 Å². The van der Waals surface area contributed by atoms with Crippen LogP contribution in [0.25, 0.3) is 11.2 Å². The van der Waals surface area contributed by atoms with Crippen LogP contribution in [0.1, 0.15) is 6.42 Å². The van der Waals surface area contributed by atoms with Gasteiger partial charge in [0.2, 0.25) is 0 Å². The predicted octanol–water partition coefficient (Wildman–Crippen LogP) is -0.104. The van der Waals surface area contributed by atoms with E-state index in [4.69, 9.17) is 15.6 Å². The molecular formula is C11H14FN5O2. The zero-order valence-corrected chi connectivity index (χ0v) is 10.1. The summed E-state index contributed by atoms with van der Waals surface area (Å²) in [5, 5.41) is 8.97. The smallest absolute Gasteiger partial charge is 0.165 e. The fourth-order valence-electron chi connectivity index (χ4n) is 2.32. The molecule has 0 bridgehead atoms. The number of nitrogen functional groups attached to an aromatic ring is 1. The lowest BCUT2D eigenvalue weighted by Gasteiger charge is -2.12. The van der Waals surface area contributed by atoms with Gasteiger partial charge < -0.3 is 20.1 Å². The van der Waals surface area contributed by atoms with E-state index in [2.05, 4.69) is 15.0 Å². The second-order valence-electron chi connectivity index (χ2n) is 4.56. The summed E-state index contributed by atoms with van der Waals surface area (Å²) in [6.07, 6.45) is 1.02. The van der Waals surface area contributed by atoms with Gasteiger partial charge >= 0.3 is 0 Å². The maximum absolute atomic E-state index is 13.5. The van der Waals surface area contributed by atoms with Crippen LogP contribution < -0.4 is 5.73 Å². The van der Waals surface area contributed by atoms with Gasteiger partial charge in [-0.3, -0.25) is 0 Å². The number of aliphatic hydroxyl groups is 1. The number of fused-ring (bicyclic) bond motifs is 1. The first-order valence-electron chi connectivity index (χ1n) is 6.00. The van der Waals surface area contributed by atoms with Gasteiger partial charge in [-0.25, -0.2) is 19.3 Å². The zero-order valence-electron chi connectivity index (χ0n) is 10.1. The highest BCUT2D eigenvalue weighted by atomic mass is 19.1. The number of imidazole rings is 1. The Bertz CT molecular complexity index is 589. The molecule has 1 aliphatic heterocycles. The Morgan fingerprint density at radius 1 is 1.47 bits per heavy atom. The summed E-state index contributed by atoms with van der Waals surface area (Å²) in [5.41, 5.74) is 6.81. The van der Waals surface area contributed by atoms with Crippen LogP contribution in [0.2, 0.25) is 0 Å². The first-order chi connectivity index (χ1) is 9.19. The Morgan fingerprint density at radius 2 is 2.32 bits per heavy atom. The molecule has 0 spiro atoms. The van der Waals surface area contributed by atoms with Crippen molar-refractivity contribution in [3.8, 4) is 0 Å². The number of alkyl halides is 1. The third-order valence-electron chi connectivity index (χ3n) is 3.27. The SMILES string of the molecule is Nc1ncnc2c1ncn2C[C@H]1C[C@@H](F)[C@@H](CO)O1. The Hall–Kier alpha value is -1.80. The third-order valence-corrected chi connectivity index (χ3v) is 3.27. The van der Waals surface area contributed by atoms with E-state index in [9.17, 15) is 4.39 Å². The number of hydrogen-bond donors (Lipinski definition) is 2. The number of nitrogens with zero attached hydrogens (tertiary/aromatic N) is 4. The highest BCUT2D eigenvalue weighted by Gasteiger charge is 2.35. The zero-order chi connectivity index (χ0) is 13.4. The van der Waals surface area contributed by atoms with Gasteiger partial charge in [0.15, 0.2) is 11.5 Å². The fraction of sp³-hybridized carbons (Fsp3) is 0.545. The Kier molecular flexibility index (Phi) is 3.03. The number of ether oxygens (including phenoxy) is 1. The van der Waals surface area contributed by atoms with Gasteiger partial charge in [-0.1, -0.05) is 0 Å². The van der Waals surface area contributed by atoms with Crippen LogP contribution in [0.4, 0.5) is 10.2 Å². The van der Waals surface area contributed by atoms with Crippen LogP contribution in [-0.2, 0) is 11.3 Å². The summed E-state index contributed by atoms with van der Waals surface area (Å²) in [5.74, 6) is 0.313. The maximum atomic E-state index is 13.5. The van der Waals surface area contributed by atoms with E-state index in [1.54, 1.807) is 10.9 Å². The van der Waals surface area contributed by atoms with Crippen molar-refractivity contribution in [3.63, 3.8) is 0 Å². The molecule has 8 heteroatoms. The molecule has 3 N–H and O–H groups in total. The van der Waals surface area contributed by atoms with Crippen LogP contribution in [-0.4, -0.2) is 49.6 Å². The van der Waals surface area contributed by atoms with Gasteiger partial charge in [0.05, 0.1) is 25.6 Å². The monoisotopic (exact) mass is 267 g/mol. The molecule has 1 aliphatic rings. The van der Waals surface area contributed by atoms with Crippen molar-refractivity contribution in [2.75, 3.05) is 12.3 Å². The fourth-order valence-corrected chi connectivity index (χ4v) is 2.32. The van der Waals surface area contributed by atoms with E-state index < -0.39 is 12.3 Å². The molecule has 0 radical (unpaired) electrons. The maximum Gasteiger partial charge on any atom is 0.165 e. The van der Waals surface area contributed by atoms with E-state index >= 15 is 0 Å². The molecule has 0 aromatic carbocycles. The highest BCUT2D eigenvalue weighted by Crippen LogP contribution is 2.25. The number of nitrogens with two attached hydrogens (primary N) is 1. The van der Waals surface area contributed by atoms with E-state index in [-0.39, 0.29) is 19.1 Å². The third kappa shape index (κ3) is 2.13. The quantitative estimate of drug-likeness (QED) is 0.805.